The highest BCUT2D eigenvalue weighted by Crippen LogP contribution is 2.32. The van der Waals surface area contributed by atoms with Gasteiger partial charge in [0.25, 0.3) is 5.22 Å². The molecule has 6 nitrogen and oxygen atoms in total. The molecule has 31 heavy (non-hydrogen) atoms. The number of hydrogen-bond acceptors (Lipinski definition) is 6. The summed E-state index contributed by atoms with van der Waals surface area (Å²) in [6, 6.07) is 14.6. The molecule has 0 saturated carbocycles. The van der Waals surface area contributed by atoms with Crippen LogP contribution in [-0.4, -0.2) is 52.9 Å². The normalized spacial score (nSPS) is 14.7. The summed E-state index contributed by atoms with van der Waals surface area (Å²) in [5.74, 6) is 0.471. The zero-order valence-corrected chi connectivity index (χ0v) is 17.2. The number of carbonyl (C=O) groups excluding carboxylic acids is 1. The monoisotopic (exact) mass is 448 g/mol. The predicted molar refractivity (Wildman–Crippen MR) is 111 cm³/mol. The van der Waals surface area contributed by atoms with Crippen molar-refractivity contribution in [2.45, 2.75) is 11.4 Å². The Morgan fingerprint density at radius 1 is 1.00 bits per heavy atom. The number of aromatic nitrogens is 2. The summed E-state index contributed by atoms with van der Waals surface area (Å²) in [4.78, 5) is 16.1. The fourth-order valence-electron chi connectivity index (χ4n) is 3.27. The molecule has 1 fully saturated rings. The van der Waals surface area contributed by atoms with Crippen molar-refractivity contribution in [1.82, 2.24) is 15.1 Å². The minimum absolute atomic E-state index is 0.0758. The summed E-state index contributed by atoms with van der Waals surface area (Å²) >= 11 is 1.17. The number of hydrogen-bond donors (Lipinski definition) is 0. The number of halogens is 3. The van der Waals surface area contributed by atoms with Crippen LogP contribution in [0.15, 0.2) is 64.2 Å². The second-order valence-corrected chi connectivity index (χ2v) is 7.87. The Balaban J connectivity index is 1.29. The first-order chi connectivity index (χ1) is 14.9. The highest BCUT2D eigenvalue weighted by molar-refractivity contribution is 7.99. The molecule has 4 rings (SSSR count). The summed E-state index contributed by atoms with van der Waals surface area (Å²) in [6.45, 7) is 1.82. The first-order valence-corrected chi connectivity index (χ1v) is 10.6. The molecule has 1 saturated heterocycles. The fourth-order valence-corrected chi connectivity index (χ4v) is 3.94. The highest BCUT2D eigenvalue weighted by atomic mass is 32.2. The highest BCUT2D eigenvalue weighted by Gasteiger charge is 2.31. The van der Waals surface area contributed by atoms with Gasteiger partial charge in [-0.15, -0.1) is 10.2 Å². The van der Waals surface area contributed by atoms with Crippen LogP contribution in [0.1, 0.15) is 5.56 Å². The maximum Gasteiger partial charge on any atom is 0.416 e. The van der Waals surface area contributed by atoms with Crippen LogP contribution < -0.4 is 4.90 Å². The lowest BCUT2D eigenvalue weighted by molar-refractivity contribution is -0.137. The number of piperazine rings is 1. The van der Waals surface area contributed by atoms with Gasteiger partial charge in [0, 0.05) is 37.4 Å². The van der Waals surface area contributed by atoms with Crippen LogP contribution in [0.3, 0.4) is 0 Å². The van der Waals surface area contributed by atoms with Gasteiger partial charge in [0.1, 0.15) is 0 Å². The molecule has 162 valence electrons. The number of anilines is 1. The minimum Gasteiger partial charge on any atom is -0.411 e. The van der Waals surface area contributed by atoms with Gasteiger partial charge in [-0.05, 0) is 30.3 Å². The zero-order valence-electron chi connectivity index (χ0n) is 16.4. The van der Waals surface area contributed by atoms with Crippen LogP contribution in [0.2, 0.25) is 0 Å². The molecule has 10 heteroatoms. The van der Waals surface area contributed by atoms with E-state index in [-0.39, 0.29) is 11.7 Å². The topological polar surface area (TPSA) is 62.5 Å². The lowest BCUT2D eigenvalue weighted by atomic mass is 10.1. The molecule has 0 bridgehead atoms. The van der Waals surface area contributed by atoms with Crippen molar-refractivity contribution in [3.05, 3.63) is 60.2 Å². The molecule has 1 amide bonds. The van der Waals surface area contributed by atoms with E-state index in [2.05, 4.69) is 10.2 Å². The number of carbonyl (C=O) groups is 1. The Morgan fingerprint density at radius 2 is 1.74 bits per heavy atom. The maximum atomic E-state index is 12.9. The van der Waals surface area contributed by atoms with Crippen LogP contribution >= 0.6 is 11.8 Å². The average Bonchev–Trinajstić information content (AvgIpc) is 3.27. The SMILES string of the molecule is O=C(CSc1nnc(-c2ccccc2)o1)N1CCN(c2cccc(C(F)(F)F)c2)CC1. The summed E-state index contributed by atoms with van der Waals surface area (Å²) in [6.07, 6.45) is -4.37. The maximum absolute atomic E-state index is 12.9. The first kappa shape index (κ1) is 21.2. The van der Waals surface area contributed by atoms with E-state index in [0.29, 0.717) is 43.0 Å². The third-order valence-corrected chi connectivity index (χ3v) is 5.72. The van der Waals surface area contributed by atoms with E-state index >= 15 is 0 Å². The molecule has 3 aromatic rings. The number of amides is 1. The van der Waals surface area contributed by atoms with E-state index in [1.165, 1.54) is 17.8 Å². The Labute approximate surface area is 181 Å². The number of thioether (sulfide) groups is 1. The van der Waals surface area contributed by atoms with Crippen molar-refractivity contribution < 1.29 is 22.4 Å². The van der Waals surface area contributed by atoms with Gasteiger partial charge in [-0.2, -0.15) is 13.2 Å². The van der Waals surface area contributed by atoms with Gasteiger partial charge in [0.15, 0.2) is 0 Å². The van der Waals surface area contributed by atoms with E-state index in [9.17, 15) is 18.0 Å². The Hall–Kier alpha value is -3.01. The molecule has 1 aromatic heterocycles. The molecule has 0 radical (unpaired) electrons. The summed E-state index contributed by atoms with van der Waals surface area (Å²) in [7, 11) is 0. The molecule has 0 unspecified atom stereocenters. The van der Waals surface area contributed by atoms with Crippen molar-refractivity contribution in [2.24, 2.45) is 0 Å². The second kappa shape index (κ2) is 9.01. The van der Waals surface area contributed by atoms with Crippen molar-refractivity contribution >= 4 is 23.4 Å². The quantitative estimate of drug-likeness (QED) is 0.546. The Bertz CT molecular complexity index is 1030. The van der Waals surface area contributed by atoms with Crippen molar-refractivity contribution in [3.63, 3.8) is 0 Å². The molecule has 1 aliphatic heterocycles. The molecular weight excluding hydrogens is 429 g/mol. The van der Waals surface area contributed by atoms with Crippen molar-refractivity contribution in [1.29, 1.82) is 0 Å². The van der Waals surface area contributed by atoms with Crippen LogP contribution in [0.25, 0.3) is 11.5 Å². The minimum atomic E-state index is -4.37. The van der Waals surface area contributed by atoms with E-state index in [4.69, 9.17) is 4.42 Å². The van der Waals surface area contributed by atoms with Crippen LogP contribution in [-0.2, 0) is 11.0 Å². The molecule has 0 aliphatic carbocycles. The molecule has 2 heterocycles. The summed E-state index contributed by atoms with van der Waals surface area (Å²) in [5, 5.41) is 8.28. The van der Waals surface area contributed by atoms with Crippen molar-refractivity contribution in [2.75, 3.05) is 36.8 Å². The lowest BCUT2D eigenvalue weighted by Crippen LogP contribution is -2.49. The number of benzene rings is 2. The van der Waals surface area contributed by atoms with E-state index in [0.717, 1.165) is 17.7 Å². The van der Waals surface area contributed by atoms with Gasteiger partial charge < -0.3 is 14.2 Å². The molecule has 0 atom stereocenters. The Morgan fingerprint density at radius 3 is 2.45 bits per heavy atom. The largest absolute Gasteiger partial charge is 0.416 e. The van der Waals surface area contributed by atoms with Gasteiger partial charge in [-0.3, -0.25) is 4.79 Å². The second-order valence-electron chi connectivity index (χ2n) is 6.94. The first-order valence-electron chi connectivity index (χ1n) is 9.62. The van der Waals surface area contributed by atoms with Gasteiger partial charge >= 0.3 is 6.18 Å². The summed E-state index contributed by atoms with van der Waals surface area (Å²) in [5.41, 5.74) is 0.642. The van der Waals surface area contributed by atoms with Gasteiger partial charge in [-0.1, -0.05) is 36.0 Å². The van der Waals surface area contributed by atoms with Gasteiger partial charge in [0.2, 0.25) is 11.8 Å². The number of rotatable bonds is 5. The third-order valence-electron chi connectivity index (χ3n) is 4.92. The average molecular weight is 448 g/mol. The predicted octanol–water partition coefficient (Wildman–Crippen LogP) is 4.20. The standard InChI is InChI=1S/C21H19F3N4O2S/c22-21(23,24)16-7-4-8-17(13-16)27-9-11-28(12-10-27)18(29)14-31-20-26-25-19(30-20)15-5-2-1-3-6-15/h1-8,13H,9-12,14H2. The smallest absolute Gasteiger partial charge is 0.411 e. The van der Waals surface area contributed by atoms with Crippen molar-refractivity contribution in [3.8, 4) is 11.5 Å². The number of alkyl halides is 3. The lowest BCUT2D eigenvalue weighted by Gasteiger charge is -2.36. The zero-order chi connectivity index (χ0) is 21.8. The van der Waals surface area contributed by atoms with E-state index in [1.807, 2.05) is 35.2 Å². The van der Waals surface area contributed by atoms with Gasteiger partial charge in [0.05, 0.1) is 11.3 Å². The van der Waals surface area contributed by atoms with Gasteiger partial charge in [-0.25, -0.2) is 0 Å². The third kappa shape index (κ3) is 5.19. The fraction of sp³-hybridized carbons (Fsp3) is 0.286. The van der Waals surface area contributed by atoms with Crippen LogP contribution in [0.4, 0.5) is 18.9 Å². The molecule has 0 N–H and O–H groups in total. The molecule has 2 aromatic carbocycles. The molecule has 0 spiro atoms. The van der Waals surface area contributed by atoms with Crippen LogP contribution in [0.5, 0.6) is 0 Å². The molecular formula is C21H19F3N4O2S. The number of nitrogens with zero attached hydrogens (tertiary/aromatic N) is 4. The molecule has 1 aliphatic rings. The Kier molecular flexibility index (Phi) is 6.17. The van der Waals surface area contributed by atoms with E-state index in [1.54, 1.807) is 11.0 Å². The van der Waals surface area contributed by atoms with E-state index < -0.39 is 11.7 Å². The summed E-state index contributed by atoms with van der Waals surface area (Å²) < 4.78 is 44.4. The van der Waals surface area contributed by atoms with Crippen LogP contribution in [0, 0.1) is 0 Å².